The number of rotatable bonds is 11. The van der Waals surface area contributed by atoms with Crippen molar-refractivity contribution in [2.24, 2.45) is 11.8 Å². The molecule has 146 valence electrons. The van der Waals surface area contributed by atoms with Crippen molar-refractivity contribution in [3.8, 4) is 0 Å². The molecule has 0 unspecified atom stereocenters. The monoisotopic (exact) mass is 370 g/mol. The van der Waals surface area contributed by atoms with Crippen LogP contribution in [0.4, 0.5) is 35.1 Å². The van der Waals surface area contributed by atoms with Gasteiger partial charge >= 0.3 is 0 Å². The topological polar surface area (TPSA) is 0 Å². The maximum Gasteiger partial charge on any atom is 0.259 e. The third-order valence-electron chi connectivity index (χ3n) is 3.35. The van der Waals surface area contributed by atoms with Crippen molar-refractivity contribution in [2.75, 3.05) is 0 Å². The van der Waals surface area contributed by atoms with Crippen LogP contribution in [0.1, 0.15) is 66.2 Å². The summed E-state index contributed by atoms with van der Waals surface area (Å²) in [6, 6.07) is 0. The van der Waals surface area contributed by atoms with Crippen LogP contribution in [0.3, 0.4) is 0 Å². The molecule has 0 saturated carbocycles. The number of hydrogen-bond acceptors (Lipinski definition) is 0. The van der Waals surface area contributed by atoms with Crippen molar-refractivity contribution in [3.63, 3.8) is 0 Å². The van der Waals surface area contributed by atoms with E-state index in [4.69, 9.17) is 0 Å². The highest BCUT2D eigenvalue weighted by Crippen LogP contribution is 2.44. The van der Waals surface area contributed by atoms with E-state index in [0.717, 1.165) is 0 Å². The highest BCUT2D eigenvalue weighted by molar-refractivity contribution is 4.86. The average Bonchev–Trinajstić information content (AvgIpc) is 2.18. The minimum atomic E-state index is -4.42. The van der Waals surface area contributed by atoms with E-state index in [-0.39, 0.29) is 12.3 Å². The lowest BCUT2D eigenvalue weighted by atomic mass is 9.93. The van der Waals surface area contributed by atoms with Crippen LogP contribution in [0.2, 0.25) is 0 Å². The van der Waals surface area contributed by atoms with Gasteiger partial charge in [-0.25, -0.2) is 35.1 Å². The summed E-state index contributed by atoms with van der Waals surface area (Å²) in [5.41, 5.74) is 0. The van der Waals surface area contributed by atoms with Gasteiger partial charge in [0.25, 0.3) is 23.7 Å². The van der Waals surface area contributed by atoms with E-state index in [9.17, 15) is 35.1 Å². The van der Waals surface area contributed by atoms with Crippen LogP contribution < -0.4 is 0 Å². The van der Waals surface area contributed by atoms with Gasteiger partial charge in [0.2, 0.25) is 0 Å². The van der Waals surface area contributed by atoms with Gasteiger partial charge in [-0.3, -0.25) is 0 Å². The third-order valence-corrected chi connectivity index (χ3v) is 3.35. The molecule has 0 aliphatic carbocycles. The Kier molecular flexibility index (Phi) is 8.02. The fourth-order valence-electron chi connectivity index (χ4n) is 2.52. The van der Waals surface area contributed by atoms with Gasteiger partial charge in [0.05, 0.1) is 19.3 Å². The maximum absolute atomic E-state index is 13.6. The second kappa shape index (κ2) is 8.21. The number of hydrogen-bond donors (Lipinski definition) is 0. The molecule has 0 aliphatic heterocycles. The molecule has 24 heavy (non-hydrogen) atoms. The molecule has 0 heterocycles. The molecule has 0 aromatic carbocycles. The number of alkyl halides is 8. The Morgan fingerprint density at radius 3 is 1.29 bits per heavy atom. The summed E-state index contributed by atoms with van der Waals surface area (Å²) in [6.07, 6.45) is -8.19. The molecule has 0 rings (SSSR count). The van der Waals surface area contributed by atoms with Crippen LogP contribution in [0.25, 0.3) is 0 Å². The Morgan fingerprint density at radius 2 is 0.917 bits per heavy atom. The fourth-order valence-corrected chi connectivity index (χ4v) is 2.52. The third kappa shape index (κ3) is 11.1. The summed E-state index contributed by atoms with van der Waals surface area (Å²) in [6.45, 7) is 6.02. The maximum atomic E-state index is 13.6. The Balaban J connectivity index is 4.81. The summed E-state index contributed by atoms with van der Waals surface area (Å²) < 4.78 is 108. The minimum Gasteiger partial charge on any atom is -0.207 e. The van der Waals surface area contributed by atoms with Crippen molar-refractivity contribution in [2.45, 2.75) is 89.9 Å². The van der Waals surface area contributed by atoms with Gasteiger partial charge < -0.3 is 0 Å². The summed E-state index contributed by atoms with van der Waals surface area (Å²) in [7, 11) is 0. The van der Waals surface area contributed by atoms with Gasteiger partial charge in [0.1, 0.15) is 0 Å². The molecule has 0 bridgehead atoms. The van der Waals surface area contributed by atoms with Gasteiger partial charge in [-0.05, 0) is 18.3 Å². The summed E-state index contributed by atoms with van der Waals surface area (Å²) in [5, 5.41) is 0. The van der Waals surface area contributed by atoms with Gasteiger partial charge in [0, 0.05) is 12.8 Å². The molecule has 0 amide bonds. The van der Waals surface area contributed by atoms with Crippen LogP contribution in [-0.4, -0.2) is 23.7 Å². The van der Waals surface area contributed by atoms with E-state index in [1.165, 1.54) is 13.8 Å². The van der Waals surface area contributed by atoms with Crippen molar-refractivity contribution in [1.29, 1.82) is 0 Å². The first-order valence-corrected chi connectivity index (χ1v) is 7.97. The zero-order chi connectivity index (χ0) is 19.4. The zero-order valence-electron chi connectivity index (χ0n) is 14.4. The lowest BCUT2D eigenvalue weighted by Crippen LogP contribution is -2.38. The molecule has 0 radical (unpaired) electrons. The summed E-state index contributed by atoms with van der Waals surface area (Å²) in [5.74, 6) is -17.2. The first-order chi connectivity index (χ1) is 10.5. The molecular formula is C16H26F8. The van der Waals surface area contributed by atoms with Crippen LogP contribution in [0.5, 0.6) is 0 Å². The largest absolute Gasteiger partial charge is 0.259 e. The van der Waals surface area contributed by atoms with Crippen molar-refractivity contribution in [3.05, 3.63) is 0 Å². The fraction of sp³-hybridized carbons (Fsp3) is 1.00. The average molecular weight is 370 g/mol. The minimum absolute atomic E-state index is 0.0358. The van der Waals surface area contributed by atoms with E-state index < -0.39 is 61.7 Å². The van der Waals surface area contributed by atoms with E-state index in [1.807, 2.05) is 0 Å². The van der Waals surface area contributed by atoms with Gasteiger partial charge in [0.15, 0.2) is 0 Å². The lowest BCUT2D eigenvalue weighted by molar-refractivity contribution is -0.182. The predicted molar refractivity (Wildman–Crippen MR) is 77.2 cm³/mol. The van der Waals surface area contributed by atoms with E-state index in [0.29, 0.717) is 0 Å². The quantitative estimate of drug-likeness (QED) is 0.338. The molecule has 0 N–H and O–H groups in total. The smallest absolute Gasteiger partial charge is 0.207 e. The van der Waals surface area contributed by atoms with Gasteiger partial charge in [-0.15, -0.1) is 0 Å². The van der Waals surface area contributed by atoms with Crippen LogP contribution in [0.15, 0.2) is 0 Å². The van der Waals surface area contributed by atoms with Crippen molar-refractivity contribution in [1.82, 2.24) is 0 Å². The standard InChI is InChI=1S/C16H26F8/c1-11(2)5-6-13(17,18)8-15(21,22)10-16(23,24)9-14(19,20)7-12(3)4/h11-12H,5-10H2,1-4H3. The Hall–Kier alpha value is -0.560. The molecule has 0 atom stereocenters. The number of halogens is 8. The van der Waals surface area contributed by atoms with E-state index in [2.05, 4.69) is 0 Å². The molecule has 0 nitrogen and oxygen atoms in total. The molecule has 0 fully saturated rings. The molecule has 0 aromatic rings. The summed E-state index contributed by atoms with van der Waals surface area (Å²) >= 11 is 0. The summed E-state index contributed by atoms with van der Waals surface area (Å²) in [4.78, 5) is 0. The SMILES string of the molecule is CC(C)CCC(F)(F)CC(F)(F)CC(F)(F)CC(F)(F)CC(C)C. The molecule has 0 aliphatic rings. The highest BCUT2D eigenvalue weighted by atomic mass is 19.3. The Bertz CT molecular complexity index is 374. The second-order valence-electron chi connectivity index (χ2n) is 7.48. The molecule has 8 heteroatoms. The second-order valence-corrected chi connectivity index (χ2v) is 7.48. The normalized spacial score (nSPS) is 14.8. The molecule has 0 saturated heterocycles. The molecule has 0 spiro atoms. The van der Waals surface area contributed by atoms with Crippen LogP contribution in [0, 0.1) is 11.8 Å². The van der Waals surface area contributed by atoms with E-state index >= 15 is 0 Å². The molecular weight excluding hydrogens is 344 g/mol. The Labute approximate surface area is 138 Å². The van der Waals surface area contributed by atoms with Crippen LogP contribution >= 0.6 is 0 Å². The molecule has 0 aromatic heterocycles. The van der Waals surface area contributed by atoms with Gasteiger partial charge in [-0.2, -0.15) is 0 Å². The zero-order valence-corrected chi connectivity index (χ0v) is 14.4. The highest BCUT2D eigenvalue weighted by Gasteiger charge is 2.52. The lowest BCUT2D eigenvalue weighted by Gasteiger charge is -2.29. The van der Waals surface area contributed by atoms with Crippen molar-refractivity contribution < 1.29 is 35.1 Å². The first-order valence-electron chi connectivity index (χ1n) is 7.97. The first kappa shape index (κ1) is 23.4. The van der Waals surface area contributed by atoms with Crippen LogP contribution in [-0.2, 0) is 0 Å². The Morgan fingerprint density at radius 1 is 0.542 bits per heavy atom. The van der Waals surface area contributed by atoms with E-state index in [1.54, 1.807) is 13.8 Å². The van der Waals surface area contributed by atoms with Gasteiger partial charge in [-0.1, -0.05) is 27.7 Å². The predicted octanol–water partition coefficient (Wildman–Crippen LogP) is 7.18. The van der Waals surface area contributed by atoms with Crippen molar-refractivity contribution >= 4 is 0 Å².